The Labute approximate surface area is 128 Å². The summed E-state index contributed by atoms with van der Waals surface area (Å²) in [6.07, 6.45) is 3.83. The quantitative estimate of drug-likeness (QED) is 0.857. The number of aromatic nitrogens is 2. The zero-order valence-electron chi connectivity index (χ0n) is 12.6. The lowest BCUT2D eigenvalue weighted by Gasteiger charge is -2.13. The first kappa shape index (κ1) is 15.8. The molecular weight excluding hydrogens is 282 g/mol. The molecular formula is C16H19N3O3. The molecule has 1 amide bonds. The number of hydrogen-bond acceptors (Lipinski definition) is 3. The summed E-state index contributed by atoms with van der Waals surface area (Å²) >= 11 is 0. The Kier molecular flexibility index (Phi) is 4.93. The minimum atomic E-state index is -0.814. The molecule has 0 radical (unpaired) electrons. The highest BCUT2D eigenvalue weighted by Crippen LogP contribution is 2.15. The molecule has 0 unspecified atom stereocenters. The van der Waals surface area contributed by atoms with Crippen LogP contribution in [0.4, 0.5) is 5.69 Å². The van der Waals surface area contributed by atoms with Gasteiger partial charge in [0.1, 0.15) is 6.04 Å². The van der Waals surface area contributed by atoms with Crippen LogP contribution >= 0.6 is 0 Å². The number of hydrogen-bond donors (Lipinski definition) is 2. The second-order valence-corrected chi connectivity index (χ2v) is 5.29. The number of nitrogens with zero attached hydrogens (tertiary/aromatic N) is 2. The maximum absolute atomic E-state index is 12.1. The Hall–Kier alpha value is -2.63. The Morgan fingerprint density at radius 1 is 1.27 bits per heavy atom. The Morgan fingerprint density at radius 3 is 2.50 bits per heavy atom. The number of carbonyl (C=O) groups excluding carboxylic acids is 1. The van der Waals surface area contributed by atoms with Crippen molar-refractivity contribution in [3.63, 3.8) is 0 Å². The number of amides is 1. The smallest absolute Gasteiger partial charge is 0.306 e. The fraction of sp³-hybridized carbons (Fsp3) is 0.312. The van der Waals surface area contributed by atoms with E-state index in [9.17, 15) is 9.59 Å². The van der Waals surface area contributed by atoms with Crippen LogP contribution in [0.1, 0.15) is 25.5 Å². The molecule has 6 nitrogen and oxygen atoms in total. The van der Waals surface area contributed by atoms with Gasteiger partial charge in [0.15, 0.2) is 0 Å². The molecule has 0 aliphatic carbocycles. The number of rotatable bonds is 6. The highest BCUT2D eigenvalue weighted by Gasteiger charge is 2.15. The summed E-state index contributed by atoms with van der Waals surface area (Å²) in [6.45, 7) is 3.44. The Balaban J connectivity index is 1.96. The maximum atomic E-state index is 12.1. The number of carbonyl (C=O) groups is 2. The lowest BCUT2D eigenvalue weighted by Crippen LogP contribution is -2.23. The number of benzene rings is 1. The molecule has 0 bridgehead atoms. The largest absolute Gasteiger partial charge is 0.481 e. The van der Waals surface area contributed by atoms with Gasteiger partial charge in [-0.15, -0.1) is 0 Å². The van der Waals surface area contributed by atoms with Crippen LogP contribution in [0.15, 0.2) is 42.7 Å². The minimum Gasteiger partial charge on any atom is -0.481 e. The summed E-state index contributed by atoms with van der Waals surface area (Å²) in [4.78, 5) is 23.0. The predicted molar refractivity (Wildman–Crippen MR) is 82.5 cm³/mol. The van der Waals surface area contributed by atoms with E-state index in [0.717, 1.165) is 5.56 Å². The normalized spacial score (nSPS) is 13.4. The molecule has 1 aromatic heterocycles. The van der Waals surface area contributed by atoms with E-state index in [4.69, 9.17) is 5.11 Å². The first-order valence-electron chi connectivity index (χ1n) is 7.09. The van der Waals surface area contributed by atoms with Gasteiger partial charge in [-0.25, -0.2) is 0 Å². The van der Waals surface area contributed by atoms with Gasteiger partial charge in [-0.1, -0.05) is 19.1 Å². The molecule has 1 aromatic carbocycles. The van der Waals surface area contributed by atoms with Gasteiger partial charge < -0.3 is 10.4 Å². The monoisotopic (exact) mass is 301 g/mol. The number of carboxylic acid groups (broad SMARTS) is 1. The van der Waals surface area contributed by atoms with Crippen LogP contribution < -0.4 is 5.32 Å². The van der Waals surface area contributed by atoms with Crippen molar-refractivity contribution in [3.8, 4) is 0 Å². The van der Waals surface area contributed by atoms with Crippen molar-refractivity contribution in [2.24, 2.45) is 5.92 Å². The second kappa shape index (κ2) is 6.89. The molecule has 2 rings (SSSR count). The van der Waals surface area contributed by atoms with Crippen LogP contribution in [-0.4, -0.2) is 26.8 Å². The first-order valence-corrected chi connectivity index (χ1v) is 7.09. The third kappa shape index (κ3) is 3.94. The molecule has 0 spiro atoms. The second-order valence-electron chi connectivity index (χ2n) is 5.29. The molecule has 0 saturated carbocycles. The van der Waals surface area contributed by atoms with Gasteiger partial charge in [-0.2, -0.15) is 5.10 Å². The van der Waals surface area contributed by atoms with Crippen molar-refractivity contribution in [2.75, 3.05) is 5.32 Å². The summed E-state index contributed by atoms with van der Waals surface area (Å²) in [7, 11) is 0. The summed E-state index contributed by atoms with van der Waals surface area (Å²) in [5.74, 6) is -1.40. The number of anilines is 1. The molecule has 0 aliphatic heterocycles. The van der Waals surface area contributed by atoms with E-state index >= 15 is 0 Å². The number of nitrogens with one attached hydrogen (secondary N) is 1. The fourth-order valence-electron chi connectivity index (χ4n) is 2.04. The summed E-state index contributed by atoms with van der Waals surface area (Å²) in [6, 6.07) is 8.57. The molecule has 1 heterocycles. The predicted octanol–water partition coefficient (Wildman–Crippen LogP) is 2.35. The Bertz CT molecular complexity index is 635. The van der Waals surface area contributed by atoms with Gasteiger partial charge in [0, 0.05) is 18.1 Å². The van der Waals surface area contributed by atoms with E-state index in [1.165, 1.54) is 0 Å². The van der Waals surface area contributed by atoms with Gasteiger partial charge in [0.05, 0.1) is 5.92 Å². The molecule has 116 valence electrons. The van der Waals surface area contributed by atoms with E-state index in [0.29, 0.717) is 12.1 Å². The molecule has 2 atom stereocenters. The topological polar surface area (TPSA) is 84.2 Å². The zero-order chi connectivity index (χ0) is 16.1. The van der Waals surface area contributed by atoms with E-state index in [-0.39, 0.29) is 5.91 Å². The summed E-state index contributed by atoms with van der Waals surface area (Å²) in [5.41, 5.74) is 1.60. The minimum absolute atomic E-state index is 0.157. The van der Waals surface area contributed by atoms with Crippen molar-refractivity contribution in [2.45, 2.75) is 26.3 Å². The van der Waals surface area contributed by atoms with E-state index in [2.05, 4.69) is 10.4 Å². The highest BCUT2D eigenvalue weighted by molar-refractivity contribution is 5.93. The van der Waals surface area contributed by atoms with Crippen LogP contribution in [0.25, 0.3) is 0 Å². The lowest BCUT2D eigenvalue weighted by molar-refractivity contribution is -0.141. The van der Waals surface area contributed by atoms with E-state index in [1.54, 1.807) is 49.1 Å². The summed E-state index contributed by atoms with van der Waals surface area (Å²) < 4.78 is 1.58. The van der Waals surface area contributed by atoms with E-state index in [1.807, 2.05) is 12.1 Å². The fourth-order valence-corrected chi connectivity index (χ4v) is 2.04. The Morgan fingerprint density at radius 2 is 1.95 bits per heavy atom. The number of aliphatic carboxylic acids is 1. The van der Waals surface area contributed by atoms with Gasteiger partial charge >= 0.3 is 5.97 Å². The average molecular weight is 301 g/mol. The van der Waals surface area contributed by atoms with Crippen LogP contribution in [0.2, 0.25) is 0 Å². The molecule has 0 aliphatic rings. The van der Waals surface area contributed by atoms with Crippen LogP contribution in [0.5, 0.6) is 0 Å². The standard InChI is InChI=1S/C16H19N3O3/c1-11(16(21)22)10-13-4-6-14(7-5-13)18-15(20)12(2)19-9-3-8-17-19/h3-9,11-12H,10H2,1-2H3,(H,18,20)(H,21,22)/t11-,12+/m0/s1. The van der Waals surface area contributed by atoms with Gasteiger partial charge in [0.25, 0.3) is 0 Å². The highest BCUT2D eigenvalue weighted by atomic mass is 16.4. The zero-order valence-corrected chi connectivity index (χ0v) is 12.6. The van der Waals surface area contributed by atoms with Crippen molar-refractivity contribution in [3.05, 3.63) is 48.3 Å². The van der Waals surface area contributed by atoms with Gasteiger partial charge in [-0.05, 0) is 37.1 Å². The molecule has 2 aromatic rings. The van der Waals surface area contributed by atoms with Crippen molar-refractivity contribution >= 4 is 17.6 Å². The van der Waals surface area contributed by atoms with Crippen LogP contribution in [0.3, 0.4) is 0 Å². The third-order valence-corrected chi connectivity index (χ3v) is 3.49. The molecule has 0 saturated heterocycles. The van der Waals surface area contributed by atoms with Crippen molar-refractivity contribution in [1.82, 2.24) is 9.78 Å². The molecule has 22 heavy (non-hydrogen) atoms. The van der Waals surface area contributed by atoms with Crippen LogP contribution in [0, 0.1) is 5.92 Å². The van der Waals surface area contributed by atoms with E-state index < -0.39 is 17.9 Å². The maximum Gasteiger partial charge on any atom is 0.306 e. The lowest BCUT2D eigenvalue weighted by atomic mass is 10.0. The number of carboxylic acids is 1. The third-order valence-electron chi connectivity index (χ3n) is 3.49. The van der Waals surface area contributed by atoms with Gasteiger partial charge in [0.2, 0.25) is 5.91 Å². The molecule has 0 fully saturated rings. The van der Waals surface area contributed by atoms with Crippen molar-refractivity contribution in [1.29, 1.82) is 0 Å². The van der Waals surface area contributed by atoms with Crippen molar-refractivity contribution < 1.29 is 14.7 Å². The molecule has 6 heteroatoms. The van der Waals surface area contributed by atoms with Crippen LogP contribution in [-0.2, 0) is 16.0 Å². The summed E-state index contributed by atoms with van der Waals surface area (Å²) in [5, 5.41) is 15.8. The van der Waals surface area contributed by atoms with Gasteiger partial charge in [-0.3, -0.25) is 14.3 Å². The average Bonchev–Trinajstić information content (AvgIpc) is 3.02. The first-order chi connectivity index (χ1) is 10.5. The SMILES string of the molecule is C[C@H](C(=O)Nc1ccc(C[C@H](C)C(=O)O)cc1)n1cccn1. The molecule has 2 N–H and O–H groups in total.